The fraction of sp³-hybridized carbons (Fsp3) is 0.306. The number of rotatable bonds is 13. The highest BCUT2D eigenvalue weighted by molar-refractivity contribution is 6.32. The van der Waals surface area contributed by atoms with Crippen LogP contribution in [0.3, 0.4) is 0 Å². The summed E-state index contributed by atoms with van der Waals surface area (Å²) in [4.78, 5) is 18.3. The lowest BCUT2D eigenvalue weighted by Gasteiger charge is -2.16. The van der Waals surface area contributed by atoms with Gasteiger partial charge in [0.25, 0.3) is 0 Å². The Hall–Kier alpha value is -4.42. The fourth-order valence-electron chi connectivity index (χ4n) is 5.21. The van der Waals surface area contributed by atoms with E-state index in [9.17, 15) is 4.79 Å². The summed E-state index contributed by atoms with van der Waals surface area (Å²) in [7, 11) is 1.00. The van der Waals surface area contributed by atoms with Gasteiger partial charge in [-0.2, -0.15) is 5.26 Å². The van der Waals surface area contributed by atoms with Crippen LogP contribution in [-0.2, 0) is 13.2 Å². The Kier molecular flexibility index (Phi) is 12.8. The number of aldehydes is 1. The first kappa shape index (κ1) is 33.5. The fourth-order valence-corrected chi connectivity index (χ4v) is 5.44. The van der Waals surface area contributed by atoms with Crippen LogP contribution in [0.5, 0.6) is 17.2 Å². The number of aromatic nitrogens is 1. The van der Waals surface area contributed by atoms with Crippen LogP contribution in [0.1, 0.15) is 51.9 Å². The molecule has 3 aromatic carbocycles. The average Bonchev–Trinajstić information content (AvgIpc) is 3.61. The molecule has 0 unspecified atom stereocenters. The summed E-state index contributed by atoms with van der Waals surface area (Å²) in [6.07, 6.45) is 7.41. The van der Waals surface area contributed by atoms with Crippen LogP contribution < -0.4 is 14.2 Å². The van der Waals surface area contributed by atoms with Crippen LogP contribution in [0.25, 0.3) is 11.1 Å². The minimum atomic E-state index is 0.132. The number of aliphatic hydroxyl groups excluding tert-OH is 1. The first-order valence-corrected chi connectivity index (χ1v) is 15.3. The van der Waals surface area contributed by atoms with E-state index in [4.69, 9.17) is 36.2 Å². The van der Waals surface area contributed by atoms with E-state index in [0.717, 1.165) is 48.1 Å². The molecule has 0 saturated carbocycles. The van der Waals surface area contributed by atoms with Gasteiger partial charge in [0.15, 0.2) is 6.29 Å². The summed E-state index contributed by atoms with van der Waals surface area (Å²) < 4.78 is 18.1. The zero-order valence-corrected chi connectivity index (χ0v) is 26.4. The molecule has 1 fully saturated rings. The number of carbonyl (C=O) groups is 1. The smallest absolute Gasteiger partial charge is 0.153 e. The molecule has 0 bridgehead atoms. The van der Waals surface area contributed by atoms with E-state index < -0.39 is 0 Å². The quantitative estimate of drug-likeness (QED) is 0.124. The van der Waals surface area contributed by atoms with Crippen molar-refractivity contribution in [1.29, 1.82) is 5.26 Å². The van der Waals surface area contributed by atoms with E-state index in [1.54, 1.807) is 18.3 Å². The topological polar surface area (TPSA) is 105 Å². The Morgan fingerprint density at radius 3 is 2.53 bits per heavy atom. The molecule has 1 N–H and O–H groups in total. The van der Waals surface area contributed by atoms with E-state index in [-0.39, 0.29) is 13.2 Å². The van der Waals surface area contributed by atoms with Crippen molar-refractivity contribution in [2.24, 2.45) is 0 Å². The maximum Gasteiger partial charge on any atom is 0.153 e. The third-order valence-electron chi connectivity index (χ3n) is 7.57. The second-order valence-corrected chi connectivity index (χ2v) is 11.0. The van der Waals surface area contributed by atoms with Crippen molar-refractivity contribution in [2.75, 3.05) is 33.4 Å². The first-order valence-electron chi connectivity index (χ1n) is 14.9. The number of pyridine rings is 1. The number of hydrogen-bond acceptors (Lipinski definition) is 8. The van der Waals surface area contributed by atoms with E-state index in [1.807, 2.05) is 24.3 Å². The molecule has 1 aliphatic rings. The summed E-state index contributed by atoms with van der Waals surface area (Å²) in [6, 6.07) is 21.2. The maximum atomic E-state index is 11.7. The number of carbonyl (C=O) groups excluding carboxylic acids is 1. The summed E-state index contributed by atoms with van der Waals surface area (Å²) in [5.41, 5.74) is 5.72. The second-order valence-electron chi connectivity index (χ2n) is 10.6. The minimum absolute atomic E-state index is 0.132. The Labute approximate surface area is 269 Å². The van der Waals surface area contributed by atoms with Crippen LogP contribution >= 0.6 is 11.6 Å². The maximum absolute atomic E-state index is 11.7. The minimum Gasteiger partial charge on any atom is -0.494 e. The van der Waals surface area contributed by atoms with E-state index in [2.05, 4.69) is 41.1 Å². The monoisotopic (exact) mass is 627 g/mol. The van der Waals surface area contributed by atoms with E-state index >= 15 is 0 Å². The first-order chi connectivity index (χ1) is 22.0. The molecule has 1 aliphatic heterocycles. The molecule has 234 valence electrons. The predicted octanol–water partition coefficient (Wildman–Crippen LogP) is 7.03. The number of hydrogen-bond donors (Lipinski definition) is 1. The molecule has 0 atom stereocenters. The average molecular weight is 628 g/mol. The normalized spacial score (nSPS) is 12.5. The van der Waals surface area contributed by atoms with Gasteiger partial charge in [0, 0.05) is 37.7 Å². The van der Waals surface area contributed by atoms with Gasteiger partial charge in [0.05, 0.1) is 22.8 Å². The molecule has 1 aromatic heterocycles. The lowest BCUT2D eigenvalue weighted by Crippen LogP contribution is -2.21. The molecule has 8 nitrogen and oxygen atoms in total. The van der Waals surface area contributed by atoms with Crippen molar-refractivity contribution in [3.63, 3.8) is 0 Å². The molecule has 0 aliphatic carbocycles. The van der Waals surface area contributed by atoms with Gasteiger partial charge in [-0.05, 0) is 85.8 Å². The van der Waals surface area contributed by atoms with Gasteiger partial charge in [-0.1, -0.05) is 41.9 Å². The highest BCUT2D eigenvalue weighted by Crippen LogP contribution is 2.34. The van der Waals surface area contributed by atoms with Crippen molar-refractivity contribution in [1.82, 2.24) is 9.88 Å². The molecular formula is C36H38ClN3O5. The van der Waals surface area contributed by atoms with Crippen molar-refractivity contribution in [3.05, 3.63) is 106 Å². The van der Waals surface area contributed by atoms with Crippen LogP contribution in [0.15, 0.2) is 73.1 Å². The Balaban J connectivity index is 0.00000226. The third kappa shape index (κ3) is 9.29. The molecule has 2 heterocycles. The lowest BCUT2D eigenvalue weighted by atomic mass is 9.96. The number of ether oxygens (including phenoxy) is 3. The number of nitrogens with zero attached hydrogens (tertiary/aromatic N) is 3. The number of aliphatic hydroxyl groups is 1. The van der Waals surface area contributed by atoms with E-state index in [0.29, 0.717) is 46.1 Å². The number of benzene rings is 3. The summed E-state index contributed by atoms with van der Waals surface area (Å²) in [6.45, 7) is 6.68. The molecule has 5 rings (SSSR count). The van der Waals surface area contributed by atoms with Gasteiger partial charge in [0.2, 0.25) is 0 Å². The van der Waals surface area contributed by atoms with Crippen LogP contribution in [0.2, 0.25) is 5.02 Å². The van der Waals surface area contributed by atoms with Crippen LogP contribution in [-0.4, -0.2) is 54.6 Å². The Morgan fingerprint density at radius 1 is 0.978 bits per heavy atom. The van der Waals surface area contributed by atoms with Gasteiger partial charge >= 0.3 is 0 Å². The van der Waals surface area contributed by atoms with Gasteiger partial charge in [-0.25, -0.2) is 0 Å². The molecule has 9 heteroatoms. The van der Waals surface area contributed by atoms with Crippen molar-refractivity contribution in [2.45, 2.75) is 39.4 Å². The second kappa shape index (κ2) is 17.2. The molecule has 0 amide bonds. The molecule has 0 spiro atoms. The largest absolute Gasteiger partial charge is 0.494 e. The zero-order valence-electron chi connectivity index (χ0n) is 25.7. The molecule has 0 radical (unpaired) electrons. The molecule has 45 heavy (non-hydrogen) atoms. The van der Waals surface area contributed by atoms with Crippen molar-refractivity contribution in [3.8, 4) is 34.4 Å². The lowest BCUT2D eigenvalue weighted by molar-refractivity contribution is 0.111. The van der Waals surface area contributed by atoms with Gasteiger partial charge in [0.1, 0.15) is 36.5 Å². The van der Waals surface area contributed by atoms with Crippen molar-refractivity contribution < 1.29 is 24.1 Å². The van der Waals surface area contributed by atoms with Crippen LogP contribution in [0, 0.1) is 18.3 Å². The van der Waals surface area contributed by atoms with Gasteiger partial charge in [-0.3, -0.25) is 9.78 Å². The summed E-state index contributed by atoms with van der Waals surface area (Å²) in [5.74, 6) is 1.60. The standard InChI is InChI=1S/C35H34ClN3O4.CH4O/c1-25-29(8-5-10-32(25)28-7-4-9-31(16-28)41-14-6-13-39-11-2-3-12-39)24-43-35-18-34(30(22-40)17-33(35)36)42-23-27-15-26(19-37)20-38-21-27;1-2/h4-5,7-10,15-18,20-22H,2-3,6,11-14,23-24H2,1H3;2H,1H3. The van der Waals surface area contributed by atoms with Gasteiger partial charge in [-0.15, -0.1) is 0 Å². The molecule has 4 aromatic rings. The number of halogens is 1. The SMILES string of the molecule is CO.Cc1c(COc2cc(OCc3cncc(C#N)c3)c(C=O)cc2Cl)cccc1-c1cccc(OCCCN2CCCC2)c1. The summed E-state index contributed by atoms with van der Waals surface area (Å²) in [5, 5.41) is 16.4. The highest BCUT2D eigenvalue weighted by atomic mass is 35.5. The molecular weight excluding hydrogens is 590 g/mol. The Bertz CT molecular complexity index is 1620. The van der Waals surface area contributed by atoms with Gasteiger partial charge < -0.3 is 24.2 Å². The van der Waals surface area contributed by atoms with Crippen molar-refractivity contribution >= 4 is 17.9 Å². The predicted molar refractivity (Wildman–Crippen MR) is 175 cm³/mol. The Morgan fingerprint density at radius 2 is 1.76 bits per heavy atom. The highest BCUT2D eigenvalue weighted by Gasteiger charge is 2.14. The van der Waals surface area contributed by atoms with E-state index in [1.165, 1.54) is 38.2 Å². The number of nitriles is 1. The molecule has 1 saturated heterocycles. The number of likely N-dealkylation sites (tertiary alicyclic amines) is 1. The van der Waals surface area contributed by atoms with Crippen LogP contribution in [0.4, 0.5) is 0 Å². The third-order valence-corrected chi connectivity index (χ3v) is 7.87. The summed E-state index contributed by atoms with van der Waals surface area (Å²) >= 11 is 6.47. The zero-order chi connectivity index (χ0) is 32.0.